The summed E-state index contributed by atoms with van der Waals surface area (Å²) in [7, 11) is 0. The minimum absolute atomic E-state index is 0.232. The molecule has 1 saturated heterocycles. The average molecular weight is 358 g/mol. The van der Waals surface area contributed by atoms with Crippen molar-refractivity contribution in [2.45, 2.75) is 45.4 Å². The monoisotopic (exact) mass is 358 g/mol. The van der Waals surface area contributed by atoms with Crippen molar-refractivity contribution in [2.75, 3.05) is 26.2 Å². The number of benzene rings is 1. The molecule has 2 heterocycles. The third-order valence-corrected chi connectivity index (χ3v) is 5.42. The maximum Gasteiger partial charge on any atom is 0.123 e. The summed E-state index contributed by atoms with van der Waals surface area (Å²) in [5.41, 5.74) is 4.17. The van der Waals surface area contributed by atoms with E-state index in [9.17, 15) is 4.39 Å². The Balaban J connectivity index is 1.36. The number of halogens is 1. The van der Waals surface area contributed by atoms with Crippen LogP contribution in [0.3, 0.4) is 0 Å². The molecule has 1 aromatic carbocycles. The van der Waals surface area contributed by atoms with Gasteiger partial charge in [-0.05, 0) is 51.0 Å². The number of hydrogen-bond donors (Lipinski definition) is 1. The molecule has 0 bridgehead atoms. The summed E-state index contributed by atoms with van der Waals surface area (Å²) in [4.78, 5) is 2.57. The van der Waals surface area contributed by atoms with Gasteiger partial charge in [-0.1, -0.05) is 0 Å². The number of morpholine rings is 1. The van der Waals surface area contributed by atoms with Crippen LogP contribution < -0.4 is 5.32 Å². The van der Waals surface area contributed by atoms with Gasteiger partial charge >= 0.3 is 0 Å². The topological polar surface area (TPSA) is 42.3 Å². The van der Waals surface area contributed by atoms with E-state index in [4.69, 9.17) is 4.74 Å². The van der Waals surface area contributed by atoms with Gasteiger partial charge in [0.2, 0.25) is 0 Å². The molecule has 1 aliphatic heterocycles. The highest BCUT2D eigenvalue weighted by Crippen LogP contribution is 2.28. The molecule has 0 amide bonds. The van der Waals surface area contributed by atoms with Crippen LogP contribution in [0.15, 0.2) is 24.3 Å². The van der Waals surface area contributed by atoms with Gasteiger partial charge in [0.15, 0.2) is 0 Å². The number of aryl methyl sites for hydroxylation is 1. The van der Waals surface area contributed by atoms with Gasteiger partial charge in [0.1, 0.15) is 5.82 Å². The fraction of sp³-hybridized carbons (Fsp3) is 0.550. The molecule has 1 N–H and O–H groups in total. The second-order valence-electron chi connectivity index (χ2n) is 7.39. The summed E-state index contributed by atoms with van der Waals surface area (Å²) < 4.78 is 21.0. The number of rotatable bonds is 6. The molecule has 26 heavy (non-hydrogen) atoms. The molecule has 1 atom stereocenters. The Labute approximate surface area is 154 Å². The molecule has 2 aromatic rings. The molecule has 140 valence electrons. The van der Waals surface area contributed by atoms with Crippen molar-refractivity contribution >= 4 is 0 Å². The van der Waals surface area contributed by atoms with E-state index in [0.29, 0.717) is 0 Å². The van der Waals surface area contributed by atoms with E-state index in [1.807, 2.05) is 11.6 Å². The summed E-state index contributed by atoms with van der Waals surface area (Å²) in [5.74, 6) is -0.232. The normalized spacial score (nSPS) is 21.3. The van der Waals surface area contributed by atoms with Crippen molar-refractivity contribution in [3.63, 3.8) is 0 Å². The minimum Gasteiger partial charge on any atom is -0.374 e. The van der Waals surface area contributed by atoms with Crippen molar-refractivity contribution in [1.29, 1.82) is 0 Å². The van der Waals surface area contributed by atoms with Crippen LogP contribution >= 0.6 is 0 Å². The molecule has 0 unspecified atom stereocenters. The largest absolute Gasteiger partial charge is 0.374 e. The Bertz CT molecular complexity index is 754. The first-order chi connectivity index (χ1) is 12.6. The molecule has 5 nitrogen and oxygen atoms in total. The number of hydrogen-bond acceptors (Lipinski definition) is 4. The van der Waals surface area contributed by atoms with Crippen LogP contribution in [0.4, 0.5) is 4.39 Å². The van der Waals surface area contributed by atoms with Crippen molar-refractivity contribution in [1.82, 2.24) is 20.0 Å². The second-order valence-corrected chi connectivity index (χ2v) is 7.39. The van der Waals surface area contributed by atoms with Gasteiger partial charge in [-0.3, -0.25) is 4.90 Å². The van der Waals surface area contributed by atoms with Crippen LogP contribution in [0.1, 0.15) is 29.8 Å². The Morgan fingerprint density at radius 1 is 1.23 bits per heavy atom. The third-order valence-electron chi connectivity index (χ3n) is 5.42. The average Bonchev–Trinajstić information content (AvgIpc) is 3.45. The summed E-state index contributed by atoms with van der Waals surface area (Å²) in [6.07, 6.45) is 2.96. The van der Waals surface area contributed by atoms with E-state index >= 15 is 0 Å². The molecule has 0 radical (unpaired) electrons. The predicted molar refractivity (Wildman–Crippen MR) is 99.0 cm³/mol. The molecule has 1 aliphatic carbocycles. The summed E-state index contributed by atoms with van der Waals surface area (Å²) in [6, 6.07) is 7.26. The quantitative estimate of drug-likeness (QED) is 0.862. The first kappa shape index (κ1) is 17.6. The standard InChI is InChI=1S/C20H27FN4O/c1-14-20(15(2)25(23-14)18-5-3-16(21)4-6-18)12-22-11-19-13-24(9-10-26-19)17-7-8-17/h3-6,17,19,22H,7-13H2,1-2H3/t19-/m1/s1. The smallest absolute Gasteiger partial charge is 0.123 e. The first-order valence-electron chi connectivity index (χ1n) is 9.49. The van der Waals surface area contributed by atoms with Gasteiger partial charge in [-0.15, -0.1) is 0 Å². The third kappa shape index (κ3) is 3.82. The Morgan fingerprint density at radius 3 is 2.73 bits per heavy atom. The summed E-state index contributed by atoms with van der Waals surface area (Å²) >= 11 is 0. The maximum atomic E-state index is 13.2. The number of ether oxygens (including phenoxy) is 1. The van der Waals surface area contributed by atoms with E-state index in [-0.39, 0.29) is 11.9 Å². The van der Waals surface area contributed by atoms with Crippen LogP contribution in [-0.4, -0.2) is 53.1 Å². The molecular weight excluding hydrogens is 331 g/mol. The lowest BCUT2D eigenvalue weighted by Crippen LogP contribution is -2.47. The Hall–Kier alpha value is -1.76. The SMILES string of the molecule is Cc1nn(-c2ccc(F)cc2)c(C)c1CNC[C@@H]1CN(C2CC2)CCO1. The minimum atomic E-state index is -0.232. The molecule has 1 saturated carbocycles. The van der Waals surface area contributed by atoms with Gasteiger partial charge in [-0.25, -0.2) is 9.07 Å². The van der Waals surface area contributed by atoms with E-state index in [2.05, 4.69) is 22.2 Å². The van der Waals surface area contributed by atoms with Crippen molar-refractivity contribution in [3.05, 3.63) is 47.0 Å². The van der Waals surface area contributed by atoms with Gasteiger partial charge < -0.3 is 10.1 Å². The zero-order valence-electron chi connectivity index (χ0n) is 15.5. The molecule has 6 heteroatoms. The van der Waals surface area contributed by atoms with E-state index in [0.717, 1.165) is 55.9 Å². The highest BCUT2D eigenvalue weighted by atomic mass is 19.1. The Morgan fingerprint density at radius 2 is 2.00 bits per heavy atom. The zero-order valence-corrected chi connectivity index (χ0v) is 15.5. The van der Waals surface area contributed by atoms with Gasteiger partial charge in [0, 0.05) is 43.5 Å². The molecule has 1 aromatic heterocycles. The zero-order chi connectivity index (χ0) is 18.1. The number of nitrogens with one attached hydrogen (secondary N) is 1. The van der Waals surface area contributed by atoms with E-state index < -0.39 is 0 Å². The number of nitrogens with zero attached hydrogens (tertiary/aromatic N) is 3. The molecule has 4 rings (SSSR count). The van der Waals surface area contributed by atoms with Crippen LogP contribution in [0.25, 0.3) is 5.69 Å². The highest BCUT2D eigenvalue weighted by molar-refractivity contribution is 5.37. The fourth-order valence-electron chi connectivity index (χ4n) is 3.76. The van der Waals surface area contributed by atoms with Crippen LogP contribution in [-0.2, 0) is 11.3 Å². The van der Waals surface area contributed by atoms with Crippen molar-refractivity contribution in [3.8, 4) is 5.69 Å². The summed E-state index contributed by atoms with van der Waals surface area (Å²) in [6.45, 7) is 8.64. The number of aromatic nitrogens is 2. The first-order valence-corrected chi connectivity index (χ1v) is 9.49. The van der Waals surface area contributed by atoms with E-state index in [1.165, 1.54) is 30.5 Å². The van der Waals surface area contributed by atoms with Crippen molar-refractivity contribution < 1.29 is 9.13 Å². The van der Waals surface area contributed by atoms with Gasteiger partial charge in [-0.2, -0.15) is 5.10 Å². The molecule has 2 fully saturated rings. The van der Waals surface area contributed by atoms with Crippen molar-refractivity contribution in [2.24, 2.45) is 0 Å². The second kappa shape index (κ2) is 7.47. The lowest BCUT2D eigenvalue weighted by atomic mass is 10.2. The van der Waals surface area contributed by atoms with Gasteiger partial charge in [0.25, 0.3) is 0 Å². The molecular formula is C20H27FN4O. The maximum absolute atomic E-state index is 13.2. The fourth-order valence-corrected chi connectivity index (χ4v) is 3.76. The highest BCUT2D eigenvalue weighted by Gasteiger charge is 2.32. The van der Waals surface area contributed by atoms with E-state index in [1.54, 1.807) is 12.1 Å². The van der Waals surface area contributed by atoms with Crippen LogP contribution in [0, 0.1) is 19.7 Å². The molecule has 0 spiro atoms. The van der Waals surface area contributed by atoms with Crippen LogP contribution in [0.2, 0.25) is 0 Å². The van der Waals surface area contributed by atoms with Crippen LogP contribution in [0.5, 0.6) is 0 Å². The summed E-state index contributed by atoms with van der Waals surface area (Å²) in [5, 5.41) is 8.18. The van der Waals surface area contributed by atoms with Gasteiger partial charge in [0.05, 0.1) is 24.1 Å². The predicted octanol–water partition coefficient (Wildman–Crippen LogP) is 2.58. The lowest BCUT2D eigenvalue weighted by Gasteiger charge is -2.33. The molecule has 2 aliphatic rings. The Kier molecular flexibility index (Phi) is 5.07. The lowest BCUT2D eigenvalue weighted by molar-refractivity contribution is -0.0301.